The monoisotopic (exact) mass is 269 g/mol. The molecule has 0 aromatic rings. The number of hydrogen-bond donors (Lipinski definition) is 2. The van der Waals surface area contributed by atoms with Crippen molar-refractivity contribution in [1.82, 2.24) is 15.1 Å². The number of carbonyl (C=O) groups is 2. The standard InChI is InChI=1S/C13H23N3O3/c17-12(9-15-6-1-4-14-5-7-15)16(10-13(18)19)8-11-2-3-11/h11,14H,1-10H2,(H,18,19). The predicted molar refractivity (Wildman–Crippen MR) is 70.9 cm³/mol. The van der Waals surface area contributed by atoms with Crippen molar-refractivity contribution in [1.29, 1.82) is 0 Å². The van der Waals surface area contributed by atoms with Gasteiger partial charge >= 0.3 is 5.97 Å². The minimum Gasteiger partial charge on any atom is -0.480 e. The number of carboxylic acids is 1. The Morgan fingerprint density at radius 1 is 1.26 bits per heavy atom. The molecule has 2 aliphatic rings. The van der Waals surface area contributed by atoms with Gasteiger partial charge in [0.15, 0.2) is 0 Å². The highest BCUT2D eigenvalue weighted by molar-refractivity contribution is 5.82. The zero-order valence-corrected chi connectivity index (χ0v) is 11.3. The third-order valence-electron chi connectivity index (χ3n) is 3.65. The van der Waals surface area contributed by atoms with Gasteiger partial charge in [-0.1, -0.05) is 0 Å². The fourth-order valence-corrected chi connectivity index (χ4v) is 2.38. The van der Waals surface area contributed by atoms with Gasteiger partial charge in [0.1, 0.15) is 6.54 Å². The van der Waals surface area contributed by atoms with E-state index in [1.165, 1.54) is 4.90 Å². The van der Waals surface area contributed by atoms with Gasteiger partial charge in [0.05, 0.1) is 6.54 Å². The fraction of sp³-hybridized carbons (Fsp3) is 0.846. The highest BCUT2D eigenvalue weighted by Gasteiger charge is 2.28. The van der Waals surface area contributed by atoms with E-state index >= 15 is 0 Å². The number of amides is 1. The van der Waals surface area contributed by atoms with Crippen molar-refractivity contribution < 1.29 is 14.7 Å². The van der Waals surface area contributed by atoms with E-state index in [-0.39, 0.29) is 12.5 Å². The Balaban J connectivity index is 1.83. The first kappa shape index (κ1) is 14.3. The number of nitrogens with zero attached hydrogens (tertiary/aromatic N) is 2. The topological polar surface area (TPSA) is 72.9 Å². The molecule has 2 rings (SSSR count). The Kier molecular flexibility index (Phi) is 5.15. The summed E-state index contributed by atoms with van der Waals surface area (Å²) < 4.78 is 0. The van der Waals surface area contributed by atoms with Crippen molar-refractivity contribution in [2.45, 2.75) is 19.3 Å². The minimum absolute atomic E-state index is 0.0452. The molecule has 1 saturated heterocycles. The summed E-state index contributed by atoms with van der Waals surface area (Å²) in [4.78, 5) is 26.7. The number of aliphatic carboxylic acids is 1. The van der Waals surface area contributed by atoms with Crippen LogP contribution in [-0.2, 0) is 9.59 Å². The maximum Gasteiger partial charge on any atom is 0.323 e. The summed E-state index contributed by atoms with van der Waals surface area (Å²) in [6.45, 7) is 4.44. The lowest BCUT2D eigenvalue weighted by Gasteiger charge is -2.25. The van der Waals surface area contributed by atoms with Gasteiger partial charge in [-0.25, -0.2) is 0 Å². The van der Waals surface area contributed by atoms with Crippen LogP contribution in [0.5, 0.6) is 0 Å². The number of carbonyl (C=O) groups excluding carboxylic acids is 1. The summed E-state index contributed by atoms with van der Waals surface area (Å²) in [6, 6.07) is 0. The van der Waals surface area contributed by atoms with Crippen LogP contribution in [0.15, 0.2) is 0 Å². The van der Waals surface area contributed by atoms with Crippen LogP contribution in [0.25, 0.3) is 0 Å². The largest absolute Gasteiger partial charge is 0.480 e. The molecule has 1 heterocycles. The molecule has 1 aliphatic heterocycles. The Labute approximate surface area is 113 Å². The first-order chi connectivity index (χ1) is 9.15. The molecule has 6 heteroatoms. The average molecular weight is 269 g/mol. The highest BCUT2D eigenvalue weighted by atomic mass is 16.4. The van der Waals surface area contributed by atoms with Crippen LogP contribution in [0.3, 0.4) is 0 Å². The second kappa shape index (κ2) is 6.86. The van der Waals surface area contributed by atoms with Gasteiger partial charge in [0.2, 0.25) is 5.91 Å². The summed E-state index contributed by atoms with van der Waals surface area (Å²) in [6.07, 6.45) is 3.28. The van der Waals surface area contributed by atoms with E-state index in [9.17, 15) is 9.59 Å². The van der Waals surface area contributed by atoms with E-state index < -0.39 is 5.97 Å². The van der Waals surface area contributed by atoms with Gasteiger partial charge in [-0.15, -0.1) is 0 Å². The number of carboxylic acid groups (broad SMARTS) is 1. The fourth-order valence-electron chi connectivity index (χ4n) is 2.38. The quantitative estimate of drug-likeness (QED) is 0.687. The van der Waals surface area contributed by atoms with E-state index in [0.717, 1.165) is 45.4 Å². The van der Waals surface area contributed by atoms with Crippen molar-refractivity contribution in [3.05, 3.63) is 0 Å². The van der Waals surface area contributed by atoms with Gasteiger partial charge in [0.25, 0.3) is 0 Å². The van der Waals surface area contributed by atoms with Crippen molar-refractivity contribution in [3.8, 4) is 0 Å². The molecular weight excluding hydrogens is 246 g/mol. The molecule has 2 N–H and O–H groups in total. The van der Waals surface area contributed by atoms with Crippen molar-refractivity contribution in [2.75, 3.05) is 45.8 Å². The molecule has 6 nitrogen and oxygen atoms in total. The molecule has 19 heavy (non-hydrogen) atoms. The van der Waals surface area contributed by atoms with E-state index in [2.05, 4.69) is 10.2 Å². The zero-order valence-electron chi connectivity index (χ0n) is 11.3. The molecule has 1 aliphatic carbocycles. The zero-order chi connectivity index (χ0) is 13.7. The van der Waals surface area contributed by atoms with Gasteiger partial charge in [-0.2, -0.15) is 0 Å². The van der Waals surface area contributed by atoms with Crippen molar-refractivity contribution in [2.24, 2.45) is 5.92 Å². The number of nitrogens with one attached hydrogen (secondary N) is 1. The van der Waals surface area contributed by atoms with Gasteiger partial charge < -0.3 is 15.3 Å². The first-order valence-corrected chi connectivity index (χ1v) is 7.08. The van der Waals surface area contributed by atoms with Gasteiger partial charge in [-0.05, 0) is 38.3 Å². The lowest BCUT2D eigenvalue weighted by atomic mass is 10.3. The van der Waals surface area contributed by atoms with Gasteiger partial charge in [-0.3, -0.25) is 14.5 Å². The summed E-state index contributed by atoms with van der Waals surface area (Å²) in [7, 11) is 0. The van der Waals surface area contributed by atoms with Crippen molar-refractivity contribution >= 4 is 11.9 Å². The van der Waals surface area contributed by atoms with Gasteiger partial charge in [0, 0.05) is 19.6 Å². The van der Waals surface area contributed by atoms with Crippen LogP contribution in [0.1, 0.15) is 19.3 Å². The molecule has 0 spiro atoms. The third-order valence-corrected chi connectivity index (χ3v) is 3.65. The molecule has 0 unspecified atom stereocenters. The summed E-state index contributed by atoms with van der Waals surface area (Å²) in [5.74, 6) is -0.447. The maximum atomic E-state index is 12.2. The van der Waals surface area contributed by atoms with Crippen LogP contribution in [0.4, 0.5) is 0 Å². The molecule has 0 aromatic carbocycles. The smallest absolute Gasteiger partial charge is 0.323 e. The van der Waals surface area contributed by atoms with Crippen LogP contribution < -0.4 is 5.32 Å². The second-order valence-corrected chi connectivity index (χ2v) is 5.49. The third kappa shape index (κ3) is 5.16. The Bertz CT molecular complexity index is 323. The Hall–Kier alpha value is -1.14. The van der Waals surface area contributed by atoms with E-state index in [0.29, 0.717) is 19.0 Å². The van der Waals surface area contributed by atoms with E-state index in [1.54, 1.807) is 0 Å². The number of hydrogen-bond acceptors (Lipinski definition) is 4. The minimum atomic E-state index is -0.925. The SMILES string of the molecule is O=C(O)CN(CC1CC1)C(=O)CN1CCCNCC1. The van der Waals surface area contributed by atoms with E-state index in [4.69, 9.17) is 5.11 Å². The van der Waals surface area contributed by atoms with E-state index in [1.807, 2.05) is 0 Å². The van der Waals surface area contributed by atoms with Crippen LogP contribution in [-0.4, -0.2) is 72.6 Å². The first-order valence-electron chi connectivity index (χ1n) is 7.08. The summed E-state index contributed by atoms with van der Waals surface area (Å²) >= 11 is 0. The lowest BCUT2D eigenvalue weighted by molar-refractivity contribution is -0.145. The molecule has 0 aromatic heterocycles. The van der Waals surface area contributed by atoms with Crippen LogP contribution in [0, 0.1) is 5.92 Å². The second-order valence-electron chi connectivity index (χ2n) is 5.49. The number of rotatable bonds is 6. The molecule has 108 valence electrons. The molecule has 0 radical (unpaired) electrons. The van der Waals surface area contributed by atoms with Crippen LogP contribution >= 0.6 is 0 Å². The molecule has 0 bridgehead atoms. The van der Waals surface area contributed by atoms with Crippen molar-refractivity contribution in [3.63, 3.8) is 0 Å². The molecular formula is C13H23N3O3. The normalized spacial score (nSPS) is 20.8. The Morgan fingerprint density at radius 2 is 2.05 bits per heavy atom. The maximum absolute atomic E-state index is 12.2. The highest BCUT2D eigenvalue weighted by Crippen LogP contribution is 2.29. The van der Waals surface area contributed by atoms with Crippen LogP contribution in [0.2, 0.25) is 0 Å². The average Bonchev–Trinajstić information content (AvgIpc) is 3.15. The Morgan fingerprint density at radius 3 is 2.74 bits per heavy atom. The molecule has 1 amide bonds. The molecule has 2 fully saturated rings. The summed E-state index contributed by atoms with van der Waals surface area (Å²) in [5, 5.41) is 12.2. The predicted octanol–water partition coefficient (Wildman–Crippen LogP) is -0.395. The molecule has 0 atom stereocenters. The summed E-state index contributed by atoms with van der Waals surface area (Å²) in [5.41, 5.74) is 0. The molecule has 1 saturated carbocycles. The lowest BCUT2D eigenvalue weighted by Crippen LogP contribution is -2.44.